The lowest BCUT2D eigenvalue weighted by molar-refractivity contribution is -0.117. The minimum absolute atomic E-state index is 0.0647. The van der Waals surface area contributed by atoms with Crippen molar-refractivity contribution in [3.05, 3.63) is 11.8 Å². The SMILES string of the molecule is Cc1cc(NC(=O)C(C)N)n(C2CCS(=O)(=O)C2)n1. The number of carbonyl (C=O) groups excluding carboxylic acids is 1. The molecule has 2 heterocycles. The first-order valence-electron chi connectivity index (χ1n) is 6.11. The summed E-state index contributed by atoms with van der Waals surface area (Å²) in [5, 5.41) is 6.94. The van der Waals surface area contributed by atoms with Gasteiger partial charge in [-0.15, -0.1) is 0 Å². The van der Waals surface area contributed by atoms with Crippen molar-refractivity contribution in [2.24, 2.45) is 5.73 Å². The van der Waals surface area contributed by atoms with Crippen molar-refractivity contribution < 1.29 is 13.2 Å². The number of carbonyl (C=O) groups is 1. The quantitative estimate of drug-likeness (QED) is 0.802. The van der Waals surface area contributed by atoms with E-state index in [-0.39, 0.29) is 23.5 Å². The van der Waals surface area contributed by atoms with Gasteiger partial charge >= 0.3 is 0 Å². The Hall–Kier alpha value is -1.41. The molecule has 0 saturated carbocycles. The molecule has 1 aliphatic rings. The van der Waals surface area contributed by atoms with Crippen molar-refractivity contribution in [1.29, 1.82) is 0 Å². The van der Waals surface area contributed by atoms with Gasteiger partial charge in [0.05, 0.1) is 29.3 Å². The van der Waals surface area contributed by atoms with Crippen molar-refractivity contribution in [3.8, 4) is 0 Å². The molecule has 106 valence electrons. The van der Waals surface area contributed by atoms with E-state index in [4.69, 9.17) is 5.73 Å². The topological polar surface area (TPSA) is 107 Å². The van der Waals surface area contributed by atoms with Gasteiger partial charge in [-0.3, -0.25) is 4.79 Å². The highest BCUT2D eigenvalue weighted by atomic mass is 32.2. The summed E-state index contributed by atoms with van der Waals surface area (Å²) >= 11 is 0. The number of hydrogen-bond acceptors (Lipinski definition) is 5. The third kappa shape index (κ3) is 3.13. The summed E-state index contributed by atoms with van der Waals surface area (Å²) in [5.74, 6) is 0.413. The molecular formula is C11H18N4O3S. The fourth-order valence-electron chi connectivity index (χ4n) is 2.10. The van der Waals surface area contributed by atoms with E-state index in [1.807, 2.05) is 0 Å². The van der Waals surface area contributed by atoms with Crippen LogP contribution in [0.25, 0.3) is 0 Å². The van der Waals surface area contributed by atoms with Crippen molar-refractivity contribution in [1.82, 2.24) is 9.78 Å². The maximum absolute atomic E-state index is 11.6. The Labute approximate surface area is 112 Å². The molecule has 1 saturated heterocycles. The number of sulfone groups is 1. The Balaban J connectivity index is 2.24. The molecule has 0 spiro atoms. The zero-order chi connectivity index (χ0) is 14.2. The fourth-order valence-corrected chi connectivity index (χ4v) is 3.79. The molecule has 1 aromatic heterocycles. The van der Waals surface area contributed by atoms with E-state index in [2.05, 4.69) is 10.4 Å². The maximum Gasteiger partial charge on any atom is 0.242 e. The van der Waals surface area contributed by atoms with Crippen LogP contribution in [0.2, 0.25) is 0 Å². The Morgan fingerprint density at radius 2 is 2.32 bits per heavy atom. The molecule has 7 nitrogen and oxygen atoms in total. The van der Waals surface area contributed by atoms with Gasteiger partial charge in [-0.2, -0.15) is 5.10 Å². The van der Waals surface area contributed by atoms with Gasteiger partial charge in [0, 0.05) is 6.07 Å². The van der Waals surface area contributed by atoms with Gasteiger partial charge in [0.15, 0.2) is 9.84 Å². The number of nitrogens with two attached hydrogens (primary N) is 1. The average Bonchev–Trinajstić information content (AvgIpc) is 2.81. The number of aromatic nitrogens is 2. The van der Waals surface area contributed by atoms with Crippen LogP contribution in [-0.2, 0) is 14.6 Å². The van der Waals surface area contributed by atoms with E-state index in [1.165, 1.54) is 0 Å². The van der Waals surface area contributed by atoms with Crippen LogP contribution in [-0.4, -0.2) is 41.7 Å². The second kappa shape index (κ2) is 4.93. The Morgan fingerprint density at radius 1 is 1.63 bits per heavy atom. The summed E-state index contributed by atoms with van der Waals surface area (Å²) < 4.78 is 24.6. The van der Waals surface area contributed by atoms with E-state index >= 15 is 0 Å². The number of rotatable bonds is 3. The molecule has 19 heavy (non-hydrogen) atoms. The number of aryl methyl sites for hydroxylation is 1. The molecule has 0 aromatic carbocycles. The molecule has 2 atom stereocenters. The van der Waals surface area contributed by atoms with Gasteiger partial charge in [-0.25, -0.2) is 13.1 Å². The number of amides is 1. The van der Waals surface area contributed by atoms with E-state index in [1.54, 1.807) is 24.6 Å². The van der Waals surface area contributed by atoms with Crippen molar-refractivity contribution in [2.75, 3.05) is 16.8 Å². The van der Waals surface area contributed by atoms with Gasteiger partial charge in [0.2, 0.25) is 5.91 Å². The monoisotopic (exact) mass is 286 g/mol. The lowest BCUT2D eigenvalue weighted by Gasteiger charge is -2.14. The van der Waals surface area contributed by atoms with Gasteiger partial charge in [-0.1, -0.05) is 0 Å². The van der Waals surface area contributed by atoms with Crippen LogP contribution in [0.1, 0.15) is 25.1 Å². The summed E-state index contributed by atoms with van der Waals surface area (Å²) in [7, 11) is -2.99. The standard InChI is InChI=1S/C11H18N4O3S/c1-7-5-10(13-11(16)8(2)12)15(14-7)9-3-4-19(17,18)6-9/h5,8-9H,3-4,6,12H2,1-2H3,(H,13,16). The molecule has 0 bridgehead atoms. The van der Waals surface area contributed by atoms with Crippen molar-refractivity contribution >= 4 is 21.6 Å². The van der Waals surface area contributed by atoms with Crippen LogP contribution in [0.4, 0.5) is 5.82 Å². The van der Waals surface area contributed by atoms with Crippen LogP contribution in [0.5, 0.6) is 0 Å². The average molecular weight is 286 g/mol. The Bertz CT molecular complexity index is 591. The van der Waals surface area contributed by atoms with E-state index in [0.29, 0.717) is 12.2 Å². The van der Waals surface area contributed by atoms with Crippen molar-refractivity contribution in [3.63, 3.8) is 0 Å². The molecule has 1 fully saturated rings. The van der Waals surface area contributed by atoms with Gasteiger partial charge in [-0.05, 0) is 20.3 Å². The fraction of sp³-hybridized carbons (Fsp3) is 0.636. The Morgan fingerprint density at radius 3 is 2.84 bits per heavy atom. The predicted molar refractivity (Wildman–Crippen MR) is 71.6 cm³/mol. The third-order valence-electron chi connectivity index (χ3n) is 3.08. The normalized spacial score (nSPS) is 23.2. The van der Waals surface area contributed by atoms with Crippen molar-refractivity contribution in [2.45, 2.75) is 32.4 Å². The summed E-state index contributed by atoms with van der Waals surface area (Å²) in [5.41, 5.74) is 6.23. The molecule has 1 amide bonds. The molecule has 1 aliphatic heterocycles. The van der Waals surface area contributed by atoms with Crippen LogP contribution in [0.15, 0.2) is 6.07 Å². The third-order valence-corrected chi connectivity index (χ3v) is 4.83. The summed E-state index contributed by atoms with van der Waals surface area (Å²) in [6.07, 6.45) is 0.518. The number of hydrogen-bond donors (Lipinski definition) is 2. The highest BCUT2D eigenvalue weighted by Crippen LogP contribution is 2.27. The molecule has 1 aromatic rings. The highest BCUT2D eigenvalue weighted by molar-refractivity contribution is 7.91. The van der Waals surface area contributed by atoms with E-state index in [0.717, 1.165) is 5.69 Å². The van der Waals surface area contributed by atoms with Gasteiger partial charge < -0.3 is 11.1 Å². The van der Waals surface area contributed by atoms with Crippen LogP contribution < -0.4 is 11.1 Å². The minimum Gasteiger partial charge on any atom is -0.320 e. The summed E-state index contributed by atoms with van der Waals surface area (Å²) in [6.45, 7) is 3.38. The molecule has 0 aliphatic carbocycles. The minimum atomic E-state index is -2.99. The first kappa shape index (κ1) is 14.0. The number of nitrogens with zero attached hydrogens (tertiary/aromatic N) is 2. The van der Waals surface area contributed by atoms with Crippen LogP contribution >= 0.6 is 0 Å². The first-order chi connectivity index (χ1) is 8.78. The molecule has 0 radical (unpaired) electrons. The zero-order valence-electron chi connectivity index (χ0n) is 11.0. The predicted octanol–water partition coefficient (Wildman–Crippen LogP) is -0.163. The smallest absolute Gasteiger partial charge is 0.242 e. The highest BCUT2D eigenvalue weighted by Gasteiger charge is 2.31. The van der Waals surface area contributed by atoms with Crippen LogP contribution in [0.3, 0.4) is 0 Å². The van der Waals surface area contributed by atoms with E-state index < -0.39 is 15.9 Å². The number of nitrogens with one attached hydrogen (secondary N) is 1. The van der Waals surface area contributed by atoms with Crippen LogP contribution in [0, 0.1) is 6.92 Å². The second-order valence-electron chi connectivity index (χ2n) is 4.95. The lowest BCUT2D eigenvalue weighted by Crippen LogP contribution is -2.33. The van der Waals surface area contributed by atoms with Gasteiger partial charge in [0.1, 0.15) is 5.82 Å². The molecule has 8 heteroatoms. The molecule has 2 rings (SSSR count). The molecule has 3 N–H and O–H groups in total. The summed E-state index contributed by atoms with van der Waals surface area (Å²) in [6, 6.07) is 0.864. The van der Waals surface area contributed by atoms with E-state index in [9.17, 15) is 13.2 Å². The molecular weight excluding hydrogens is 268 g/mol. The maximum atomic E-state index is 11.6. The summed E-state index contributed by atoms with van der Waals surface area (Å²) in [4.78, 5) is 11.6. The first-order valence-corrected chi connectivity index (χ1v) is 7.93. The zero-order valence-corrected chi connectivity index (χ0v) is 11.8. The lowest BCUT2D eigenvalue weighted by atomic mass is 10.2. The number of anilines is 1. The Kier molecular flexibility index (Phi) is 3.64. The molecule has 2 unspecified atom stereocenters. The largest absolute Gasteiger partial charge is 0.320 e. The van der Waals surface area contributed by atoms with Gasteiger partial charge in [0.25, 0.3) is 0 Å². The second-order valence-corrected chi connectivity index (χ2v) is 7.18.